The number of unbranched alkanes of at least 4 members (excludes halogenated alkanes) is 1. The third-order valence-corrected chi connectivity index (χ3v) is 6.71. The van der Waals surface area contributed by atoms with Crippen molar-refractivity contribution >= 4 is 17.8 Å². The van der Waals surface area contributed by atoms with Gasteiger partial charge in [-0.25, -0.2) is 0 Å². The molecule has 30 heavy (non-hydrogen) atoms. The number of carbonyl (C=O) groups excluding carboxylic acids is 3. The Morgan fingerprint density at radius 1 is 1.27 bits per heavy atom. The van der Waals surface area contributed by atoms with E-state index in [0.717, 1.165) is 19.3 Å². The summed E-state index contributed by atoms with van der Waals surface area (Å²) >= 11 is 0. The van der Waals surface area contributed by atoms with Crippen LogP contribution in [-0.2, 0) is 19.1 Å². The third-order valence-electron chi connectivity index (χ3n) is 6.71. The van der Waals surface area contributed by atoms with E-state index >= 15 is 0 Å². The average molecular weight is 423 g/mol. The number of hydrogen-bond donors (Lipinski definition) is 2. The van der Waals surface area contributed by atoms with Crippen molar-refractivity contribution in [2.24, 2.45) is 29.6 Å². The first-order chi connectivity index (χ1) is 14.3. The maximum Gasteiger partial charge on any atom is 0.310 e. The van der Waals surface area contributed by atoms with Gasteiger partial charge in [-0.1, -0.05) is 52.7 Å². The number of likely N-dealkylation sites (tertiary alicyclic amines) is 1. The van der Waals surface area contributed by atoms with E-state index in [1.807, 2.05) is 39.8 Å². The molecule has 0 radical (unpaired) electrons. The van der Waals surface area contributed by atoms with Gasteiger partial charge in [0.25, 0.3) is 0 Å². The minimum atomic E-state index is -0.730. The highest BCUT2D eigenvalue weighted by Gasteiger charge is 2.58. The number of esters is 1. The van der Waals surface area contributed by atoms with Crippen molar-refractivity contribution in [3.8, 4) is 0 Å². The molecule has 2 amide bonds. The van der Waals surface area contributed by atoms with Crippen LogP contribution in [0.2, 0.25) is 0 Å². The summed E-state index contributed by atoms with van der Waals surface area (Å²) < 4.78 is 5.28. The number of nitrogens with zero attached hydrogens (tertiary/aromatic N) is 1. The van der Waals surface area contributed by atoms with E-state index in [9.17, 15) is 19.5 Å². The van der Waals surface area contributed by atoms with Gasteiger partial charge in [-0.3, -0.25) is 14.4 Å². The number of amides is 2. The topological polar surface area (TPSA) is 95.9 Å². The molecule has 0 spiro atoms. The Morgan fingerprint density at radius 3 is 2.53 bits per heavy atom. The zero-order chi connectivity index (χ0) is 22.4. The summed E-state index contributed by atoms with van der Waals surface area (Å²) in [5, 5.41) is 13.1. The van der Waals surface area contributed by atoms with E-state index in [1.54, 1.807) is 11.8 Å². The van der Waals surface area contributed by atoms with E-state index in [-0.39, 0.29) is 36.9 Å². The van der Waals surface area contributed by atoms with E-state index in [1.165, 1.54) is 0 Å². The van der Waals surface area contributed by atoms with Gasteiger partial charge in [-0.05, 0) is 25.2 Å². The second-order valence-corrected chi connectivity index (χ2v) is 8.60. The first-order valence-corrected chi connectivity index (χ1v) is 11.4. The van der Waals surface area contributed by atoms with Crippen LogP contribution in [0.4, 0.5) is 0 Å². The number of aliphatic hydroxyl groups excluding tert-OH is 1. The monoisotopic (exact) mass is 422 g/mol. The normalized spacial score (nSPS) is 30.0. The Kier molecular flexibility index (Phi) is 8.89. The molecule has 7 nitrogen and oxygen atoms in total. The van der Waals surface area contributed by atoms with Gasteiger partial charge in [-0.15, -0.1) is 0 Å². The minimum absolute atomic E-state index is 0.0208. The van der Waals surface area contributed by atoms with Crippen molar-refractivity contribution in [3.05, 3.63) is 12.2 Å². The lowest BCUT2D eigenvalue weighted by Crippen LogP contribution is -2.54. The van der Waals surface area contributed by atoms with Gasteiger partial charge in [0, 0.05) is 12.5 Å². The van der Waals surface area contributed by atoms with Crippen LogP contribution in [0.15, 0.2) is 12.2 Å². The number of rotatable bonds is 10. The summed E-state index contributed by atoms with van der Waals surface area (Å²) in [5.41, 5.74) is 0. The molecule has 2 rings (SSSR count). The molecule has 0 aromatic heterocycles. The highest BCUT2D eigenvalue weighted by Crippen LogP contribution is 2.45. The maximum absolute atomic E-state index is 13.7. The molecule has 0 saturated carbocycles. The number of ether oxygens (including phenoxy) is 1. The van der Waals surface area contributed by atoms with Crippen LogP contribution in [0.25, 0.3) is 0 Å². The number of hydrogen-bond acceptors (Lipinski definition) is 5. The molecule has 0 aromatic carbocycles. The van der Waals surface area contributed by atoms with E-state index in [2.05, 4.69) is 5.32 Å². The number of carbonyl (C=O) groups is 3. The fourth-order valence-electron chi connectivity index (χ4n) is 4.80. The molecule has 1 aliphatic carbocycles. The van der Waals surface area contributed by atoms with Crippen LogP contribution >= 0.6 is 0 Å². The molecule has 1 aliphatic heterocycles. The predicted molar refractivity (Wildman–Crippen MR) is 114 cm³/mol. The number of fused-ring (bicyclic) bond motifs is 1. The lowest BCUT2D eigenvalue weighted by Gasteiger charge is -2.36. The molecule has 0 unspecified atom stereocenters. The van der Waals surface area contributed by atoms with Gasteiger partial charge < -0.3 is 20.1 Å². The highest BCUT2D eigenvalue weighted by molar-refractivity contribution is 5.96. The third kappa shape index (κ3) is 4.71. The summed E-state index contributed by atoms with van der Waals surface area (Å²) in [7, 11) is 0. The molecule has 1 fully saturated rings. The SMILES string of the molecule is CCCCNC(=O)[C@@H]1[C@H]2C=C[C@@H](C)[C@@H](C(=O)OCC)[C@H]2C(=O)N1[C@@H](CO)[C@@H](C)CC. The summed E-state index contributed by atoms with van der Waals surface area (Å²) in [5.74, 6) is -2.67. The Hall–Kier alpha value is -1.89. The highest BCUT2D eigenvalue weighted by atomic mass is 16.5. The summed E-state index contributed by atoms with van der Waals surface area (Å²) in [6.45, 7) is 10.2. The lowest BCUT2D eigenvalue weighted by molar-refractivity contribution is -0.156. The first kappa shape index (κ1) is 24.4. The van der Waals surface area contributed by atoms with Crippen molar-refractivity contribution in [3.63, 3.8) is 0 Å². The fraction of sp³-hybridized carbons (Fsp3) is 0.783. The van der Waals surface area contributed by atoms with Gasteiger partial charge in [0.1, 0.15) is 6.04 Å². The van der Waals surface area contributed by atoms with E-state index < -0.39 is 35.8 Å². The summed E-state index contributed by atoms with van der Waals surface area (Å²) in [4.78, 5) is 41.2. The van der Waals surface area contributed by atoms with E-state index in [0.29, 0.717) is 6.54 Å². The predicted octanol–water partition coefficient (Wildman–Crippen LogP) is 2.14. The molecule has 7 atom stereocenters. The molecular formula is C23H38N2O5. The number of allylic oxidation sites excluding steroid dienone is 1. The van der Waals surface area contributed by atoms with Crippen molar-refractivity contribution in [2.45, 2.75) is 66.0 Å². The molecule has 0 bridgehead atoms. The number of aliphatic hydroxyl groups is 1. The van der Waals surface area contributed by atoms with Crippen molar-refractivity contribution in [2.75, 3.05) is 19.8 Å². The second kappa shape index (κ2) is 10.9. The molecule has 2 aliphatic rings. The van der Waals surface area contributed by atoms with Gasteiger partial charge in [0.15, 0.2) is 0 Å². The number of nitrogens with one attached hydrogen (secondary N) is 1. The van der Waals surface area contributed by atoms with E-state index in [4.69, 9.17) is 4.74 Å². The average Bonchev–Trinajstić information content (AvgIpc) is 3.01. The van der Waals surface area contributed by atoms with Gasteiger partial charge >= 0.3 is 5.97 Å². The van der Waals surface area contributed by atoms with Crippen molar-refractivity contribution in [1.82, 2.24) is 10.2 Å². The van der Waals surface area contributed by atoms with Crippen LogP contribution in [0, 0.1) is 29.6 Å². The van der Waals surface area contributed by atoms with Gasteiger partial charge in [0.2, 0.25) is 11.8 Å². The van der Waals surface area contributed by atoms with Crippen LogP contribution in [0.3, 0.4) is 0 Å². The lowest BCUT2D eigenvalue weighted by atomic mass is 9.70. The molecular weight excluding hydrogens is 384 g/mol. The Morgan fingerprint density at radius 2 is 1.97 bits per heavy atom. The van der Waals surface area contributed by atoms with Gasteiger partial charge in [-0.2, -0.15) is 0 Å². The van der Waals surface area contributed by atoms with Crippen molar-refractivity contribution in [1.29, 1.82) is 0 Å². The van der Waals surface area contributed by atoms with Crippen molar-refractivity contribution < 1.29 is 24.2 Å². The van der Waals surface area contributed by atoms with Crippen LogP contribution < -0.4 is 5.32 Å². The van der Waals surface area contributed by atoms with Crippen LogP contribution in [0.1, 0.15) is 53.9 Å². The largest absolute Gasteiger partial charge is 0.466 e. The Balaban J connectivity index is 2.47. The zero-order valence-corrected chi connectivity index (χ0v) is 19.0. The summed E-state index contributed by atoms with van der Waals surface area (Å²) in [6, 6.07) is -1.20. The molecule has 2 N–H and O–H groups in total. The molecule has 1 heterocycles. The van der Waals surface area contributed by atoms with Crippen LogP contribution in [0.5, 0.6) is 0 Å². The Bertz CT molecular complexity index is 650. The molecule has 0 aromatic rings. The summed E-state index contributed by atoms with van der Waals surface area (Å²) in [6.07, 6.45) is 6.41. The smallest absolute Gasteiger partial charge is 0.310 e. The Labute approximate surface area is 180 Å². The molecule has 7 heteroatoms. The second-order valence-electron chi connectivity index (χ2n) is 8.60. The van der Waals surface area contributed by atoms with Gasteiger partial charge in [0.05, 0.1) is 31.1 Å². The molecule has 170 valence electrons. The maximum atomic E-state index is 13.7. The fourth-order valence-corrected chi connectivity index (χ4v) is 4.80. The first-order valence-electron chi connectivity index (χ1n) is 11.4. The quantitative estimate of drug-likeness (QED) is 0.319. The molecule has 1 saturated heterocycles. The van der Waals surface area contributed by atoms with Crippen LogP contribution in [-0.4, -0.2) is 59.6 Å². The zero-order valence-electron chi connectivity index (χ0n) is 19.0. The standard InChI is InChI=1S/C23H38N2O5/c1-6-9-12-24-21(27)20-16-11-10-15(5)18(23(29)30-8-3)19(16)22(28)25(20)17(13-26)14(4)7-2/h10-11,14-20,26H,6-9,12-13H2,1-5H3,(H,24,27)/t14-,15+,16-,17-,18+,19-,20-/m0/s1. The minimum Gasteiger partial charge on any atom is -0.466 e.